The molecule has 228 valence electrons. The van der Waals surface area contributed by atoms with Crippen LogP contribution in [0.25, 0.3) is 26.9 Å². The molecule has 1 saturated carbocycles. The van der Waals surface area contributed by atoms with Gasteiger partial charge in [0.05, 0.1) is 5.52 Å². The number of fused-ring (bicyclic) bond motifs is 4. The van der Waals surface area contributed by atoms with Crippen LogP contribution in [0, 0.1) is 18.3 Å². The lowest BCUT2D eigenvalue weighted by molar-refractivity contribution is -0.131. The highest BCUT2D eigenvalue weighted by Crippen LogP contribution is 2.58. The van der Waals surface area contributed by atoms with E-state index < -0.39 is 29.8 Å². The Morgan fingerprint density at radius 1 is 1.16 bits per heavy atom. The van der Waals surface area contributed by atoms with Gasteiger partial charge in [-0.2, -0.15) is 9.97 Å². The van der Waals surface area contributed by atoms with Crippen LogP contribution in [0.1, 0.15) is 29.9 Å². The molecule has 2 saturated heterocycles. The highest BCUT2D eigenvalue weighted by atomic mass is 19.1. The standard InChI is InChI=1S/C33H33F3N6O2/c1-18(34)32(43)42-8-7-41(16-23(42)14-37-2)31-27-12-28(36)26(24-6-4-5-19-9-20-10-25(20)30(19)24)13-29(27)38-33(39-31)44-17-22-11-21(35)15-40(22)3/h4-6,12-13,20-23,25H,1,7-11,14-17H2,3H3/t20?,21-,22+,23+,25?/m1/s1. The van der Waals surface area contributed by atoms with Gasteiger partial charge in [0, 0.05) is 43.2 Å². The Morgan fingerprint density at radius 2 is 2.00 bits per heavy atom. The number of halogens is 3. The first-order valence-corrected chi connectivity index (χ1v) is 15.1. The lowest BCUT2D eigenvalue weighted by Gasteiger charge is -2.39. The molecule has 4 aliphatic rings. The van der Waals surface area contributed by atoms with Crippen molar-refractivity contribution in [2.75, 3.05) is 51.3 Å². The molecule has 0 radical (unpaired) electrons. The van der Waals surface area contributed by atoms with E-state index in [9.17, 15) is 13.6 Å². The van der Waals surface area contributed by atoms with E-state index in [0.29, 0.717) is 47.1 Å². The number of ether oxygens (including phenoxy) is 1. The number of aromatic nitrogens is 2. The third-order valence-electron chi connectivity index (χ3n) is 9.63. The molecule has 2 aliphatic carbocycles. The third-order valence-corrected chi connectivity index (χ3v) is 9.63. The van der Waals surface area contributed by atoms with Crippen molar-refractivity contribution in [1.29, 1.82) is 0 Å². The normalized spacial score (nSPS) is 25.9. The molecule has 3 fully saturated rings. The lowest BCUT2D eigenvalue weighted by Crippen LogP contribution is -2.56. The van der Waals surface area contributed by atoms with Gasteiger partial charge in [-0.05, 0) is 67.0 Å². The fraction of sp³-hybridized carbons (Fsp3) is 0.455. The average Bonchev–Trinajstić information content (AvgIpc) is 3.54. The van der Waals surface area contributed by atoms with E-state index in [1.165, 1.54) is 22.1 Å². The summed E-state index contributed by atoms with van der Waals surface area (Å²) in [5, 5.41) is 0.466. The number of anilines is 1. The molecule has 2 aliphatic heterocycles. The first kappa shape index (κ1) is 28.6. The summed E-state index contributed by atoms with van der Waals surface area (Å²) < 4.78 is 49.9. The summed E-state index contributed by atoms with van der Waals surface area (Å²) in [7, 11) is 1.85. The molecule has 2 aromatic carbocycles. The van der Waals surface area contributed by atoms with Crippen LogP contribution in [0.2, 0.25) is 0 Å². The largest absolute Gasteiger partial charge is 0.462 e. The molecule has 2 unspecified atom stereocenters. The molecule has 7 rings (SSSR count). The number of piperazine rings is 1. The number of hydrogen-bond donors (Lipinski definition) is 0. The fourth-order valence-corrected chi connectivity index (χ4v) is 7.31. The molecular weight excluding hydrogens is 569 g/mol. The molecule has 5 atom stereocenters. The van der Waals surface area contributed by atoms with Gasteiger partial charge in [0.25, 0.3) is 5.91 Å². The highest BCUT2D eigenvalue weighted by molar-refractivity contribution is 5.94. The maximum atomic E-state index is 16.1. The Labute approximate surface area is 253 Å². The molecular formula is C33H33F3N6O2. The van der Waals surface area contributed by atoms with Gasteiger partial charge in [-0.15, -0.1) is 0 Å². The van der Waals surface area contributed by atoms with Crippen molar-refractivity contribution in [2.45, 2.75) is 43.4 Å². The Bertz CT molecular complexity index is 1710. The van der Waals surface area contributed by atoms with Gasteiger partial charge in [0.15, 0.2) is 5.83 Å². The van der Waals surface area contributed by atoms with Crippen molar-refractivity contribution in [2.24, 2.45) is 5.92 Å². The van der Waals surface area contributed by atoms with E-state index in [2.05, 4.69) is 17.5 Å². The molecule has 0 N–H and O–H groups in total. The second kappa shape index (κ2) is 11.1. The van der Waals surface area contributed by atoms with Crippen LogP contribution >= 0.6 is 0 Å². The molecule has 0 spiro atoms. The lowest BCUT2D eigenvalue weighted by atomic mass is 9.93. The van der Waals surface area contributed by atoms with Crippen LogP contribution in [-0.4, -0.2) is 90.3 Å². The predicted molar refractivity (Wildman–Crippen MR) is 160 cm³/mol. The molecule has 1 aromatic heterocycles. The summed E-state index contributed by atoms with van der Waals surface area (Å²) in [6.45, 7) is 11.6. The van der Waals surface area contributed by atoms with Gasteiger partial charge in [-0.1, -0.05) is 24.8 Å². The number of likely N-dealkylation sites (N-methyl/N-ethyl adjacent to an activating group) is 1. The van der Waals surface area contributed by atoms with Crippen molar-refractivity contribution in [3.63, 3.8) is 0 Å². The maximum absolute atomic E-state index is 16.1. The summed E-state index contributed by atoms with van der Waals surface area (Å²) in [5.41, 5.74) is 4.34. The van der Waals surface area contributed by atoms with E-state index >= 15 is 4.39 Å². The van der Waals surface area contributed by atoms with E-state index in [0.717, 1.165) is 18.4 Å². The highest BCUT2D eigenvalue weighted by Gasteiger charge is 2.46. The Kier molecular flexibility index (Phi) is 7.20. The molecule has 0 bridgehead atoms. The first-order chi connectivity index (χ1) is 21.2. The average molecular weight is 603 g/mol. The zero-order valence-electron chi connectivity index (χ0n) is 24.5. The van der Waals surface area contributed by atoms with Gasteiger partial charge in [-0.3, -0.25) is 9.69 Å². The van der Waals surface area contributed by atoms with Crippen molar-refractivity contribution in [3.8, 4) is 17.1 Å². The third kappa shape index (κ3) is 5.05. The van der Waals surface area contributed by atoms with Crippen molar-refractivity contribution in [3.05, 3.63) is 71.1 Å². The van der Waals surface area contributed by atoms with E-state index in [4.69, 9.17) is 21.3 Å². The molecule has 3 aromatic rings. The topological polar surface area (TPSA) is 66.2 Å². The van der Waals surface area contributed by atoms with Gasteiger partial charge >= 0.3 is 6.01 Å². The summed E-state index contributed by atoms with van der Waals surface area (Å²) in [6, 6.07) is 8.59. The quantitative estimate of drug-likeness (QED) is 0.282. The molecule has 11 heteroatoms. The van der Waals surface area contributed by atoms with Gasteiger partial charge in [-0.25, -0.2) is 19.7 Å². The Hall–Kier alpha value is -4.17. The maximum Gasteiger partial charge on any atom is 0.319 e. The van der Waals surface area contributed by atoms with Gasteiger partial charge in [0.1, 0.15) is 30.5 Å². The minimum absolute atomic E-state index is 0.0416. The first-order valence-electron chi connectivity index (χ1n) is 15.1. The SMILES string of the molecule is [C-]#[N+]C[C@H]1CN(c2nc(OC[C@@H]3C[C@@H](F)CN3C)nc3cc(-c4cccc5c4C4CC4C5)c(F)cc23)CCN1C(=O)C(=C)F. The number of alkyl halides is 1. The van der Waals surface area contributed by atoms with Crippen LogP contribution in [0.3, 0.4) is 0 Å². The number of rotatable bonds is 7. The van der Waals surface area contributed by atoms with E-state index in [1.54, 1.807) is 6.07 Å². The number of likely N-dealkylation sites (tertiary alicyclic amines) is 1. The second-order valence-electron chi connectivity index (χ2n) is 12.4. The van der Waals surface area contributed by atoms with E-state index in [1.807, 2.05) is 29.0 Å². The van der Waals surface area contributed by atoms with Crippen LogP contribution in [0.15, 0.2) is 42.7 Å². The number of nitrogens with zero attached hydrogens (tertiary/aromatic N) is 6. The van der Waals surface area contributed by atoms with Crippen molar-refractivity contribution in [1.82, 2.24) is 19.8 Å². The Balaban J connectivity index is 1.28. The van der Waals surface area contributed by atoms with Crippen LogP contribution in [-0.2, 0) is 11.2 Å². The minimum atomic E-state index is -1.08. The number of carbonyl (C=O) groups excluding carboxylic acids is 1. The van der Waals surface area contributed by atoms with E-state index in [-0.39, 0.29) is 44.8 Å². The molecule has 1 amide bonds. The van der Waals surface area contributed by atoms with Crippen LogP contribution in [0.5, 0.6) is 6.01 Å². The second-order valence-corrected chi connectivity index (χ2v) is 12.4. The summed E-state index contributed by atoms with van der Waals surface area (Å²) in [6.07, 6.45) is 1.58. The van der Waals surface area contributed by atoms with Gasteiger partial charge < -0.3 is 19.4 Å². The smallest absolute Gasteiger partial charge is 0.319 e. The summed E-state index contributed by atoms with van der Waals surface area (Å²) >= 11 is 0. The van der Waals surface area contributed by atoms with Crippen LogP contribution in [0.4, 0.5) is 19.0 Å². The summed E-state index contributed by atoms with van der Waals surface area (Å²) in [4.78, 5) is 30.4. The molecule has 3 heterocycles. The fourth-order valence-electron chi connectivity index (χ4n) is 7.31. The van der Waals surface area contributed by atoms with Gasteiger partial charge in [0.2, 0.25) is 6.54 Å². The van der Waals surface area contributed by atoms with Crippen molar-refractivity contribution >= 4 is 22.6 Å². The number of benzene rings is 2. The zero-order chi connectivity index (χ0) is 30.7. The molecule has 44 heavy (non-hydrogen) atoms. The number of amides is 1. The van der Waals surface area contributed by atoms with Crippen molar-refractivity contribution < 1.29 is 22.7 Å². The number of carbonyl (C=O) groups is 1. The minimum Gasteiger partial charge on any atom is -0.462 e. The number of hydrogen-bond acceptors (Lipinski definition) is 6. The zero-order valence-corrected chi connectivity index (χ0v) is 24.5. The summed E-state index contributed by atoms with van der Waals surface area (Å²) in [5.74, 6) is -0.799. The Morgan fingerprint density at radius 3 is 2.75 bits per heavy atom. The van der Waals surface area contributed by atoms with Crippen LogP contribution < -0.4 is 9.64 Å². The monoisotopic (exact) mass is 602 g/mol. The molecule has 8 nitrogen and oxygen atoms in total. The predicted octanol–water partition coefficient (Wildman–Crippen LogP) is 4.94.